The summed E-state index contributed by atoms with van der Waals surface area (Å²) in [7, 11) is 0. The van der Waals surface area contributed by atoms with Crippen molar-refractivity contribution < 1.29 is 0 Å². The van der Waals surface area contributed by atoms with Crippen LogP contribution in [0.3, 0.4) is 0 Å². The van der Waals surface area contributed by atoms with Crippen molar-refractivity contribution in [3.63, 3.8) is 0 Å². The highest BCUT2D eigenvalue weighted by molar-refractivity contribution is 9.10. The van der Waals surface area contributed by atoms with E-state index in [0.717, 1.165) is 15.7 Å². The topological polar surface area (TPSA) is 17.8 Å². The quantitative estimate of drug-likeness (QED) is 0.690. The summed E-state index contributed by atoms with van der Waals surface area (Å²) in [6.45, 7) is 0. The van der Waals surface area contributed by atoms with Gasteiger partial charge in [-0.2, -0.15) is 5.10 Å². The van der Waals surface area contributed by atoms with Crippen LogP contribution in [0.2, 0.25) is 0 Å². The van der Waals surface area contributed by atoms with Gasteiger partial charge in [-0.1, -0.05) is 46.3 Å². The van der Waals surface area contributed by atoms with E-state index in [-0.39, 0.29) is 0 Å². The Bertz CT molecular complexity index is 642. The Balaban J connectivity index is 1.97. The van der Waals surface area contributed by atoms with Crippen molar-refractivity contribution in [2.75, 3.05) is 0 Å². The number of halogens is 1. The van der Waals surface area contributed by atoms with Gasteiger partial charge >= 0.3 is 0 Å². The first kappa shape index (κ1) is 11.2. The molecule has 0 saturated heterocycles. The Morgan fingerprint density at radius 2 is 1.56 bits per heavy atom. The van der Waals surface area contributed by atoms with Gasteiger partial charge < -0.3 is 0 Å². The second kappa shape index (κ2) is 4.78. The maximum absolute atomic E-state index is 4.39. The minimum atomic E-state index is 1.07. The van der Waals surface area contributed by atoms with E-state index in [4.69, 9.17) is 0 Å². The second-order valence-electron chi connectivity index (χ2n) is 4.02. The van der Waals surface area contributed by atoms with Crippen LogP contribution in [-0.2, 0) is 0 Å². The molecule has 1 aromatic heterocycles. The minimum absolute atomic E-state index is 1.07. The van der Waals surface area contributed by atoms with Crippen LogP contribution in [0.25, 0.3) is 16.8 Å². The molecule has 0 aliphatic carbocycles. The van der Waals surface area contributed by atoms with E-state index in [1.54, 1.807) is 0 Å². The summed E-state index contributed by atoms with van der Waals surface area (Å²) in [5.41, 5.74) is 3.35. The first-order valence-electron chi connectivity index (χ1n) is 5.69. The van der Waals surface area contributed by atoms with Gasteiger partial charge in [-0.05, 0) is 29.8 Å². The number of hydrogen-bond donors (Lipinski definition) is 0. The van der Waals surface area contributed by atoms with Crippen molar-refractivity contribution in [3.05, 3.63) is 71.5 Å². The number of benzene rings is 2. The third-order valence-corrected chi connectivity index (χ3v) is 3.31. The molecule has 2 aromatic carbocycles. The highest BCUT2D eigenvalue weighted by Gasteiger charge is 2.02. The summed E-state index contributed by atoms with van der Waals surface area (Å²) in [5.74, 6) is 0. The maximum Gasteiger partial charge on any atom is 0.0645 e. The van der Waals surface area contributed by atoms with Crippen molar-refractivity contribution in [1.29, 1.82) is 0 Å². The molecule has 0 atom stereocenters. The summed E-state index contributed by atoms with van der Waals surface area (Å²) in [6.07, 6.45) is 3.93. The fourth-order valence-corrected chi connectivity index (χ4v) is 2.10. The molecule has 0 aliphatic rings. The molecular formula is C15H11BrN2. The molecule has 0 bridgehead atoms. The van der Waals surface area contributed by atoms with Crippen LogP contribution in [0, 0.1) is 0 Å². The molecule has 3 heteroatoms. The van der Waals surface area contributed by atoms with Crippen LogP contribution in [0.15, 0.2) is 71.5 Å². The van der Waals surface area contributed by atoms with Crippen LogP contribution >= 0.6 is 15.9 Å². The lowest BCUT2D eigenvalue weighted by Gasteiger charge is -1.99. The van der Waals surface area contributed by atoms with Crippen LogP contribution in [0.5, 0.6) is 0 Å². The zero-order chi connectivity index (χ0) is 12.4. The van der Waals surface area contributed by atoms with Gasteiger partial charge in [-0.3, -0.25) is 0 Å². The molecule has 0 spiro atoms. The van der Waals surface area contributed by atoms with E-state index in [9.17, 15) is 0 Å². The van der Waals surface area contributed by atoms with E-state index < -0.39 is 0 Å². The molecule has 0 fully saturated rings. The smallest absolute Gasteiger partial charge is 0.0645 e. The van der Waals surface area contributed by atoms with E-state index in [1.807, 2.05) is 59.5 Å². The number of rotatable bonds is 2. The molecule has 0 amide bonds. The van der Waals surface area contributed by atoms with Gasteiger partial charge in [-0.25, -0.2) is 4.68 Å². The first-order valence-corrected chi connectivity index (χ1v) is 6.48. The van der Waals surface area contributed by atoms with Crippen molar-refractivity contribution in [1.82, 2.24) is 9.78 Å². The number of nitrogens with zero attached hydrogens (tertiary/aromatic N) is 2. The lowest BCUT2D eigenvalue weighted by molar-refractivity contribution is 0.881. The molecule has 0 radical (unpaired) electrons. The first-order chi connectivity index (χ1) is 8.83. The predicted octanol–water partition coefficient (Wildman–Crippen LogP) is 4.30. The Labute approximate surface area is 114 Å². The molecule has 3 rings (SSSR count). The molecule has 3 aromatic rings. The monoisotopic (exact) mass is 298 g/mol. The average molecular weight is 299 g/mol. The lowest BCUT2D eigenvalue weighted by Crippen LogP contribution is -1.92. The molecule has 88 valence electrons. The van der Waals surface area contributed by atoms with Gasteiger partial charge in [-0.15, -0.1) is 0 Å². The normalized spacial score (nSPS) is 10.5. The molecular weight excluding hydrogens is 288 g/mol. The molecule has 1 heterocycles. The Hall–Kier alpha value is -1.87. The van der Waals surface area contributed by atoms with Gasteiger partial charge in [0, 0.05) is 16.2 Å². The third-order valence-electron chi connectivity index (χ3n) is 2.78. The Morgan fingerprint density at radius 1 is 0.833 bits per heavy atom. The molecule has 0 unspecified atom stereocenters. The molecule has 18 heavy (non-hydrogen) atoms. The fourth-order valence-electron chi connectivity index (χ4n) is 1.84. The van der Waals surface area contributed by atoms with Crippen LogP contribution in [0.1, 0.15) is 0 Å². The summed E-state index contributed by atoms with van der Waals surface area (Å²) < 4.78 is 2.97. The van der Waals surface area contributed by atoms with Crippen LogP contribution < -0.4 is 0 Å². The fraction of sp³-hybridized carbons (Fsp3) is 0. The van der Waals surface area contributed by atoms with Gasteiger partial charge in [0.05, 0.1) is 11.9 Å². The van der Waals surface area contributed by atoms with Crippen molar-refractivity contribution in [3.8, 4) is 16.8 Å². The van der Waals surface area contributed by atoms with Crippen LogP contribution in [-0.4, -0.2) is 9.78 Å². The highest BCUT2D eigenvalue weighted by Crippen LogP contribution is 2.22. The minimum Gasteiger partial charge on any atom is -0.240 e. The zero-order valence-electron chi connectivity index (χ0n) is 9.62. The van der Waals surface area contributed by atoms with Crippen molar-refractivity contribution in [2.45, 2.75) is 0 Å². The van der Waals surface area contributed by atoms with Gasteiger partial charge in [0.15, 0.2) is 0 Å². The van der Waals surface area contributed by atoms with Gasteiger partial charge in [0.25, 0.3) is 0 Å². The van der Waals surface area contributed by atoms with E-state index in [1.165, 1.54) is 5.56 Å². The molecule has 0 saturated carbocycles. The standard InChI is InChI=1S/C15H11BrN2/c16-14-8-6-12(7-9-14)13-10-17-18(11-13)15-4-2-1-3-5-15/h1-11H. The molecule has 0 N–H and O–H groups in total. The van der Waals surface area contributed by atoms with E-state index in [2.05, 4.69) is 33.2 Å². The molecule has 0 aliphatic heterocycles. The SMILES string of the molecule is Brc1ccc(-c2cnn(-c3ccccc3)c2)cc1. The van der Waals surface area contributed by atoms with Crippen molar-refractivity contribution in [2.24, 2.45) is 0 Å². The Kier molecular flexibility index (Phi) is 2.99. The predicted molar refractivity (Wildman–Crippen MR) is 76.7 cm³/mol. The molecule has 2 nitrogen and oxygen atoms in total. The summed E-state index contributed by atoms with van der Waals surface area (Å²) in [5, 5.41) is 4.39. The summed E-state index contributed by atoms with van der Waals surface area (Å²) in [4.78, 5) is 0. The largest absolute Gasteiger partial charge is 0.240 e. The van der Waals surface area contributed by atoms with E-state index >= 15 is 0 Å². The zero-order valence-corrected chi connectivity index (χ0v) is 11.2. The van der Waals surface area contributed by atoms with Gasteiger partial charge in [0.2, 0.25) is 0 Å². The third kappa shape index (κ3) is 2.22. The average Bonchev–Trinajstić information content (AvgIpc) is 2.90. The Morgan fingerprint density at radius 3 is 2.28 bits per heavy atom. The maximum atomic E-state index is 4.39. The van der Waals surface area contributed by atoms with E-state index in [0.29, 0.717) is 0 Å². The summed E-state index contributed by atoms with van der Waals surface area (Å²) >= 11 is 3.44. The highest BCUT2D eigenvalue weighted by atomic mass is 79.9. The summed E-state index contributed by atoms with van der Waals surface area (Å²) in [6, 6.07) is 18.3. The lowest BCUT2D eigenvalue weighted by atomic mass is 10.1. The second-order valence-corrected chi connectivity index (χ2v) is 4.93. The van der Waals surface area contributed by atoms with Crippen LogP contribution in [0.4, 0.5) is 0 Å². The number of para-hydroxylation sites is 1. The number of hydrogen-bond acceptors (Lipinski definition) is 1. The van der Waals surface area contributed by atoms with Gasteiger partial charge in [0.1, 0.15) is 0 Å². The number of aromatic nitrogens is 2. The van der Waals surface area contributed by atoms with Crippen molar-refractivity contribution >= 4 is 15.9 Å².